The second kappa shape index (κ2) is 6.96. The largest absolute Gasteiger partial charge is 0.360 e. The third-order valence-electron chi connectivity index (χ3n) is 6.99. The molecule has 0 spiro atoms. The number of fused-ring (bicyclic) bond motifs is 3. The molecular formula is C23H28N4O. The molecule has 5 nitrogen and oxygen atoms in total. The Morgan fingerprint density at radius 1 is 1.21 bits per heavy atom. The van der Waals surface area contributed by atoms with Crippen LogP contribution in [0.25, 0.3) is 21.9 Å². The summed E-state index contributed by atoms with van der Waals surface area (Å²) in [4.78, 5) is 27.4. The van der Waals surface area contributed by atoms with Gasteiger partial charge in [0, 0.05) is 47.6 Å². The van der Waals surface area contributed by atoms with Crippen molar-refractivity contribution in [2.75, 3.05) is 7.05 Å². The van der Waals surface area contributed by atoms with Crippen LogP contribution < -0.4 is 0 Å². The Morgan fingerprint density at radius 2 is 2.07 bits per heavy atom. The number of Topliss-reactive ketones (excluding diaryl/α,β-unsaturated/α-hetero) is 1. The maximum absolute atomic E-state index is 12.7. The van der Waals surface area contributed by atoms with Crippen molar-refractivity contribution in [3.8, 4) is 0 Å². The predicted molar refractivity (Wildman–Crippen MR) is 111 cm³/mol. The minimum Gasteiger partial charge on any atom is -0.360 e. The monoisotopic (exact) mass is 376 g/mol. The molecule has 0 radical (unpaired) electrons. The molecule has 0 saturated heterocycles. The van der Waals surface area contributed by atoms with Crippen molar-refractivity contribution in [3.05, 3.63) is 36.3 Å². The molecule has 5 heteroatoms. The summed E-state index contributed by atoms with van der Waals surface area (Å²) in [6, 6.07) is 5.33. The molecule has 3 aromatic heterocycles. The molecule has 2 aliphatic rings. The van der Waals surface area contributed by atoms with E-state index in [1.165, 1.54) is 23.8 Å². The van der Waals surface area contributed by atoms with Gasteiger partial charge in [-0.15, -0.1) is 0 Å². The number of hydrogen-bond acceptors (Lipinski definition) is 4. The average Bonchev–Trinajstić information content (AvgIpc) is 3.48. The average molecular weight is 377 g/mol. The van der Waals surface area contributed by atoms with Crippen molar-refractivity contribution in [2.45, 2.75) is 63.5 Å². The standard InChI is InChI=1S/C23H28N4O/c1-3-21(28)17-7-4-14(12-20(17)27(2)15-5-6-15)16-8-10-24-19-13-26-23-18(22(16)19)9-11-25-23/h8-11,13-15,17,20,24H,3-7,12H2,1-2H3. The Labute approximate surface area is 165 Å². The number of nitrogens with zero attached hydrogens (tertiary/aromatic N) is 3. The number of ketones is 1. The first-order valence-electron chi connectivity index (χ1n) is 10.6. The zero-order chi connectivity index (χ0) is 19.3. The van der Waals surface area contributed by atoms with Crippen LogP contribution in [0.5, 0.6) is 0 Å². The molecule has 5 rings (SSSR count). The van der Waals surface area contributed by atoms with Gasteiger partial charge in [-0.05, 0) is 62.8 Å². The SMILES string of the molecule is CCC(=O)C1CCC(c2cc[nH]c3cnc4nccc4c23)CC1N(C)C1CC1. The Balaban J connectivity index is 1.55. The van der Waals surface area contributed by atoms with Gasteiger partial charge in [-0.1, -0.05) is 6.92 Å². The third kappa shape index (κ3) is 2.93. The highest BCUT2D eigenvalue weighted by Crippen LogP contribution is 2.44. The van der Waals surface area contributed by atoms with Crippen LogP contribution in [0, 0.1) is 5.92 Å². The number of aromatic nitrogens is 3. The van der Waals surface area contributed by atoms with E-state index in [4.69, 9.17) is 0 Å². The van der Waals surface area contributed by atoms with Crippen molar-refractivity contribution in [2.24, 2.45) is 5.92 Å². The Hall–Kier alpha value is -2.27. The molecule has 0 aromatic carbocycles. The molecule has 3 unspecified atom stereocenters. The van der Waals surface area contributed by atoms with Crippen LogP contribution in [0.15, 0.2) is 30.7 Å². The Bertz CT molecular complexity index is 1020. The molecule has 2 aliphatic carbocycles. The number of hydrogen-bond donors (Lipinski definition) is 1. The van der Waals surface area contributed by atoms with Crippen molar-refractivity contribution in [1.82, 2.24) is 19.9 Å². The van der Waals surface area contributed by atoms with E-state index in [-0.39, 0.29) is 5.92 Å². The summed E-state index contributed by atoms with van der Waals surface area (Å²) in [7, 11) is 2.24. The van der Waals surface area contributed by atoms with Gasteiger partial charge in [-0.3, -0.25) is 9.69 Å². The lowest BCUT2D eigenvalue weighted by Crippen LogP contribution is -2.46. The number of H-pyrrole nitrogens is 1. The first-order chi connectivity index (χ1) is 13.7. The van der Waals surface area contributed by atoms with Crippen LogP contribution >= 0.6 is 0 Å². The fourth-order valence-corrected chi connectivity index (χ4v) is 5.29. The van der Waals surface area contributed by atoms with E-state index in [1.807, 2.05) is 25.5 Å². The summed E-state index contributed by atoms with van der Waals surface area (Å²) in [6.45, 7) is 2.01. The van der Waals surface area contributed by atoms with Crippen molar-refractivity contribution in [3.63, 3.8) is 0 Å². The number of aromatic amines is 1. The Morgan fingerprint density at radius 3 is 2.86 bits per heavy atom. The number of pyridine rings is 2. The molecule has 3 aromatic rings. The minimum absolute atomic E-state index is 0.190. The number of carbonyl (C=O) groups excluding carboxylic acids is 1. The fourth-order valence-electron chi connectivity index (χ4n) is 5.29. The van der Waals surface area contributed by atoms with E-state index in [9.17, 15) is 4.79 Å². The first kappa shape index (κ1) is 17.8. The van der Waals surface area contributed by atoms with Gasteiger partial charge in [0.25, 0.3) is 0 Å². The molecular weight excluding hydrogens is 348 g/mol. The lowest BCUT2D eigenvalue weighted by Gasteiger charge is -2.41. The highest BCUT2D eigenvalue weighted by Gasteiger charge is 2.41. The molecule has 3 heterocycles. The molecule has 0 amide bonds. The van der Waals surface area contributed by atoms with Crippen LogP contribution in [0.3, 0.4) is 0 Å². The Kier molecular flexibility index (Phi) is 4.43. The second-order valence-electron chi connectivity index (χ2n) is 8.56. The second-order valence-corrected chi connectivity index (χ2v) is 8.56. The quantitative estimate of drug-likeness (QED) is 0.715. The van der Waals surface area contributed by atoms with Gasteiger partial charge in [-0.25, -0.2) is 9.97 Å². The summed E-state index contributed by atoms with van der Waals surface area (Å²) in [6.07, 6.45) is 12.1. The van der Waals surface area contributed by atoms with E-state index in [0.717, 1.165) is 35.8 Å². The molecule has 2 saturated carbocycles. The van der Waals surface area contributed by atoms with Crippen LogP contribution in [0.4, 0.5) is 0 Å². The van der Waals surface area contributed by atoms with Gasteiger partial charge in [-0.2, -0.15) is 0 Å². The van der Waals surface area contributed by atoms with Crippen molar-refractivity contribution in [1.29, 1.82) is 0 Å². The number of carbonyl (C=O) groups is 1. The van der Waals surface area contributed by atoms with E-state index < -0.39 is 0 Å². The molecule has 28 heavy (non-hydrogen) atoms. The molecule has 0 bridgehead atoms. The van der Waals surface area contributed by atoms with Crippen molar-refractivity contribution >= 4 is 27.7 Å². The topological polar surface area (TPSA) is 61.9 Å². The molecule has 0 aliphatic heterocycles. The van der Waals surface area contributed by atoms with Gasteiger partial charge in [0.2, 0.25) is 0 Å². The summed E-state index contributed by atoms with van der Waals surface area (Å²) >= 11 is 0. The summed E-state index contributed by atoms with van der Waals surface area (Å²) < 4.78 is 0. The van der Waals surface area contributed by atoms with E-state index in [2.05, 4.69) is 39.0 Å². The zero-order valence-electron chi connectivity index (χ0n) is 16.7. The van der Waals surface area contributed by atoms with Gasteiger partial charge in [0.1, 0.15) is 5.78 Å². The number of nitrogens with one attached hydrogen (secondary N) is 1. The zero-order valence-corrected chi connectivity index (χ0v) is 16.7. The first-order valence-corrected chi connectivity index (χ1v) is 10.6. The van der Waals surface area contributed by atoms with Gasteiger partial charge >= 0.3 is 0 Å². The minimum atomic E-state index is 0.190. The van der Waals surface area contributed by atoms with Gasteiger partial charge < -0.3 is 4.98 Å². The number of rotatable bonds is 5. The van der Waals surface area contributed by atoms with E-state index in [1.54, 1.807) is 0 Å². The highest BCUT2D eigenvalue weighted by molar-refractivity contribution is 6.05. The summed E-state index contributed by atoms with van der Waals surface area (Å²) in [5, 5.41) is 2.38. The molecule has 3 atom stereocenters. The highest BCUT2D eigenvalue weighted by atomic mass is 16.1. The maximum Gasteiger partial charge on any atom is 0.159 e. The van der Waals surface area contributed by atoms with Crippen molar-refractivity contribution < 1.29 is 4.79 Å². The van der Waals surface area contributed by atoms with Crippen LogP contribution in [-0.2, 0) is 4.79 Å². The summed E-state index contributed by atoms with van der Waals surface area (Å²) in [5.74, 6) is 1.09. The van der Waals surface area contributed by atoms with E-state index >= 15 is 0 Å². The van der Waals surface area contributed by atoms with Gasteiger partial charge in [0.15, 0.2) is 5.65 Å². The van der Waals surface area contributed by atoms with E-state index in [0.29, 0.717) is 30.2 Å². The molecule has 1 N–H and O–H groups in total. The lowest BCUT2D eigenvalue weighted by molar-refractivity contribution is -0.126. The van der Waals surface area contributed by atoms with Crippen LogP contribution in [0.1, 0.15) is 56.9 Å². The van der Waals surface area contributed by atoms with Crippen LogP contribution in [-0.4, -0.2) is 44.8 Å². The summed E-state index contributed by atoms with van der Waals surface area (Å²) in [5.41, 5.74) is 3.26. The maximum atomic E-state index is 12.7. The smallest absolute Gasteiger partial charge is 0.159 e. The fraction of sp³-hybridized carbons (Fsp3) is 0.522. The molecule has 2 fully saturated rings. The molecule has 146 valence electrons. The third-order valence-corrected chi connectivity index (χ3v) is 6.99. The lowest BCUT2D eigenvalue weighted by atomic mass is 9.72. The van der Waals surface area contributed by atoms with Crippen LogP contribution in [0.2, 0.25) is 0 Å². The normalized spacial score (nSPS) is 25.6. The van der Waals surface area contributed by atoms with Gasteiger partial charge in [0.05, 0.1) is 11.7 Å². The predicted octanol–water partition coefficient (Wildman–Crippen LogP) is 4.44.